The van der Waals surface area contributed by atoms with Gasteiger partial charge in [-0.25, -0.2) is 8.42 Å². The Bertz CT molecular complexity index is 401. The van der Waals surface area contributed by atoms with Crippen LogP contribution in [0.3, 0.4) is 0 Å². The van der Waals surface area contributed by atoms with Crippen LogP contribution in [0.2, 0.25) is 0 Å². The smallest absolute Gasteiger partial charge is 0.228 e. The maximum absolute atomic E-state index is 11.2. The third-order valence-electron chi connectivity index (χ3n) is 1.67. The molecule has 1 aromatic rings. The predicted molar refractivity (Wildman–Crippen MR) is 52.3 cm³/mol. The number of aromatic nitrogens is 1. The van der Waals surface area contributed by atoms with Crippen LogP contribution in [0.4, 0.5) is 0 Å². The second-order valence-corrected chi connectivity index (χ2v) is 5.57. The van der Waals surface area contributed by atoms with Gasteiger partial charge in [-0.05, 0) is 6.92 Å². The van der Waals surface area contributed by atoms with Crippen molar-refractivity contribution < 1.29 is 12.9 Å². The first kappa shape index (κ1) is 11.5. The maximum atomic E-state index is 11.2. The minimum absolute atomic E-state index is 0.173. The first-order valence-electron chi connectivity index (χ1n) is 3.88. The van der Waals surface area contributed by atoms with Crippen LogP contribution in [-0.2, 0) is 16.6 Å². The van der Waals surface area contributed by atoms with E-state index < -0.39 is 15.2 Å². The summed E-state index contributed by atoms with van der Waals surface area (Å²) in [6.45, 7) is 1.92. The van der Waals surface area contributed by atoms with Gasteiger partial charge in [0.15, 0.2) is 0 Å². The van der Waals surface area contributed by atoms with Gasteiger partial charge in [-0.15, -0.1) is 11.6 Å². The summed E-state index contributed by atoms with van der Waals surface area (Å²) in [5, 5.41) is 3.25. The predicted octanol–water partition coefficient (Wildman–Crippen LogP) is 0.941. The summed E-state index contributed by atoms with van der Waals surface area (Å²) in [7, 11) is -1.92. The van der Waals surface area contributed by atoms with Gasteiger partial charge in [-0.3, -0.25) is 0 Å². The van der Waals surface area contributed by atoms with E-state index in [9.17, 15) is 8.42 Å². The van der Waals surface area contributed by atoms with Gasteiger partial charge in [0.25, 0.3) is 0 Å². The average molecular weight is 239 g/mol. The topological polar surface area (TPSA) is 63.4 Å². The van der Waals surface area contributed by atoms with Crippen molar-refractivity contribution in [3.05, 3.63) is 17.5 Å². The number of halogens is 1. The molecule has 0 aliphatic heterocycles. The first-order chi connectivity index (χ1) is 6.45. The Hall–Kier alpha value is -0.590. The Kier molecular flexibility index (Phi) is 3.52. The van der Waals surface area contributed by atoms with Crippen LogP contribution in [0.25, 0.3) is 0 Å². The second kappa shape index (κ2) is 4.29. The zero-order chi connectivity index (χ0) is 10.8. The molecule has 0 aromatic carbocycles. The van der Waals surface area contributed by atoms with Crippen LogP contribution in [0.5, 0.6) is 0 Å². The quantitative estimate of drug-likeness (QED) is 0.733. The molecule has 0 saturated heterocycles. The molecule has 7 heteroatoms. The van der Waals surface area contributed by atoms with Gasteiger partial charge in [0.1, 0.15) is 11.0 Å². The minimum atomic E-state index is -3.37. The lowest BCUT2D eigenvalue weighted by Crippen LogP contribution is -2.27. The SMILES string of the molecule is Cc1cc(CN(C)S(=O)(=O)CCl)no1. The van der Waals surface area contributed by atoms with Gasteiger partial charge in [0, 0.05) is 13.1 Å². The molecule has 0 fully saturated rings. The summed E-state index contributed by atoms with van der Waals surface area (Å²) in [6, 6.07) is 1.68. The first-order valence-corrected chi connectivity index (χ1v) is 6.02. The van der Waals surface area contributed by atoms with Crippen LogP contribution in [-0.4, -0.2) is 30.1 Å². The standard InChI is InChI=1S/C7H11ClN2O3S/c1-6-3-7(9-13-6)4-10(2)14(11,12)5-8/h3H,4-5H2,1-2H3. The van der Waals surface area contributed by atoms with Crippen molar-refractivity contribution in [2.75, 3.05) is 12.3 Å². The van der Waals surface area contributed by atoms with Gasteiger partial charge in [0.2, 0.25) is 10.0 Å². The van der Waals surface area contributed by atoms with E-state index in [1.165, 1.54) is 7.05 Å². The summed E-state index contributed by atoms with van der Waals surface area (Å²) >= 11 is 5.29. The highest BCUT2D eigenvalue weighted by Gasteiger charge is 2.17. The van der Waals surface area contributed by atoms with Crippen molar-refractivity contribution in [2.24, 2.45) is 0 Å². The lowest BCUT2D eigenvalue weighted by Gasteiger charge is -2.12. The zero-order valence-corrected chi connectivity index (χ0v) is 9.47. The van der Waals surface area contributed by atoms with E-state index in [2.05, 4.69) is 5.16 Å². The lowest BCUT2D eigenvalue weighted by atomic mass is 10.4. The van der Waals surface area contributed by atoms with Gasteiger partial charge < -0.3 is 4.52 Å². The fraction of sp³-hybridized carbons (Fsp3) is 0.571. The van der Waals surface area contributed by atoms with Crippen LogP contribution >= 0.6 is 11.6 Å². The summed E-state index contributed by atoms with van der Waals surface area (Å²) < 4.78 is 28.4. The molecule has 1 rings (SSSR count). The molecule has 1 aromatic heterocycles. The van der Waals surface area contributed by atoms with Crippen molar-refractivity contribution in [1.82, 2.24) is 9.46 Å². The van der Waals surface area contributed by atoms with E-state index in [4.69, 9.17) is 16.1 Å². The molecule has 0 radical (unpaired) electrons. The van der Waals surface area contributed by atoms with Crippen molar-refractivity contribution in [3.8, 4) is 0 Å². The molecule has 0 bridgehead atoms. The fourth-order valence-corrected chi connectivity index (χ4v) is 1.90. The van der Waals surface area contributed by atoms with Crippen LogP contribution in [0.15, 0.2) is 10.6 Å². The monoisotopic (exact) mass is 238 g/mol. The maximum Gasteiger partial charge on any atom is 0.228 e. The van der Waals surface area contributed by atoms with Gasteiger partial charge in [-0.2, -0.15) is 4.31 Å². The summed E-state index contributed by atoms with van der Waals surface area (Å²) in [5.41, 5.74) is 0.568. The molecule has 0 atom stereocenters. The number of alkyl halides is 1. The van der Waals surface area contributed by atoms with Gasteiger partial charge in [0.05, 0.1) is 12.2 Å². The second-order valence-electron chi connectivity index (χ2n) is 2.91. The van der Waals surface area contributed by atoms with Crippen LogP contribution in [0.1, 0.15) is 11.5 Å². The highest BCUT2D eigenvalue weighted by atomic mass is 35.5. The van der Waals surface area contributed by atoms with Crippen LogP contribution in [0, 0.1) is 6.92 Å². The summed E-state index contributed by atoms with van der Waals surface area (Å²) in [4.78, 5) is 0. The Morgan fingerprint density at radius 2 is 2.29 bits per heavy atom. The minimum Gasteiger partial charge on any atom is -0.361 e. The molecule has 5 nitrogen and oxygen atoms in total. The number of hydrogen-bond acceptors (Lipinski definition) is 4. The molecule has 1 heterocycles. The van der Waals surface area contributed by atoms with Crippen molar-refractivity contribution in [2.45, 2.75) is 13.5 Å². The van der Waals surface area contributed by atoms with E-state index in [0.717, 1.165) is 4.31 Å². The summed E-state index contributed by atoms with van der Waals surface area (Å²) in [5.74, 6) is 0.650. The third kappa shape index (κ3) is 2.70. The van der Waals surface area contributed by atoms with Crippen molar-refractivity contribution >= 4 is 21.6 Å². The Morgan fingerprint density at radius 3 is 2.71 bits per heavy atom. The molecule has 0 aliphatic carbocycles. The third-order valence-corrected chi connectivity index (χ3v) is 3.86. The van der Waals surface area contributed by atoms with Gasteiger partial charge >= 0.3 is 0 Å². The summed E-state index contributed by atoms with van der Waals surface area (Å²) in [6.07, 6.45) is 0. The number of aryl methyl sites for hydroxylation is 1. The Morgan fingerprint density at radius 1 is 1.64 bits per heavy atom. The molecule has 0 amide bonds. The zero-order valence-electron chi connectivity index (χ0n) is 7.90. The lowest BCUT2D eigenvalue weighted by molar-refractivity contribution is 0.378. The van der Waals surface area contributed by atoms with E-state index in [0.29, 0.717) is 11.5 Å². The molecule has 0 aliphatic rings. The largest absolute Gasteiger partial charge is 0.361 e. The molecule has 0 N–H and O–H groups in total. The Balaban J connectivity index is 2.71. The molecular weight excluding hydrogens is 228 g/mol. The fourth-order valence-electron chi connectivity index (χ4n) is 0.902. The number of nitrogens with zero attached hydrogens (tertiary/aromatic N) is 2. The van der Waals surface area contributed by atoms with E-state index in [-0.39, 0.29) is 6.54 Å². The van der Waals surface area contributed by atoms with E-state index >= 15 is 0 Å². The highest BCUT2D eigenvalue weighted by molar-refractivity contribution is 7.90. The van der Waals surface area contributed by atoms with Crippen molar-refractivity contribution in [3.63, 3.8) is 0 Å². The molecule has 14 heavy (non-hydrogen) atoms. The molecule has 0 unspecified atom stereocenters. The normalized spacial score (nSPS) is 12.3. The average Bonchev–Trinajstić information content (AvgIpc) is 2.51. The number of sulfonamides is 1. The van der Waals surface area contributed by atoms with E-state index in [1.807, 2.05) is 0 Å². The van der Waals surface area contributed by atoms with Crippen molar-refractivity contribution in [1.29, 1.82) is 0 Å². The molecule has 0 saturated carbocycles. The van der Waals surface area contributed by atoms with Crippen LogP contribution < -0.4 is 0 Å². The number of hydrogen-bond donors (Lipinski definition) is 0. The van der Waals surface area contributed by atoms with E-state index in [1.54, 1.807) is 13.0 Å². The highest BCUT2D eigenvalue weighted by Crippen LogP contribution is 2.08. The molecule has 80 valence electrons. The number of rotatable bonds is 4. The molecule has 0 spiro atoms. The Labute approximate surface area is 87.7 Å². The molecular formula is C7H11ClN2O3S. The van der Waals surface area contributed by atoms with Gasteiger partial charge in [-0.1, -0.05) is 5.16 Å².